The Hall–Kier alpha value is -1.53. The molecule has 5 nitrogen and oxygen atoms in total. The van der Waals surface area contributed by atoms with E-state index in [0.29, 0.717) is 5.56 Å². The molecule has 84 valence electrons. The van der Waals surface area contributed by atoms with E-state index in [4.69, 9.17) is 4.55 Å². The molecule has 0 saturated heterocycles. The van der Waals surface area contributed by atoms with Crippen LogP contribution in [0.15, 0.2) is 23.2 Å². The largest absolute Gasteiger partial charge is 0.346 e. The molecule has 2 atom stereocenters. The van der Waals surface area contributed by atoms with Gasteiger partial charge in [0.05, 0.1) is 12.1 Å². The van der Waals surface area contributed by atoms with Gasteiger partial charge in [-0.15, -0.1) is 0 Å². The van der Waals surface area contributed by atoms with Crippen molar-refractivity contribution in [2.24, 2.45) is 4.99 Å². The molecular weight excluding hydrogens is 228 g/mol. The lowest BCUT2D eigenvalue weighted by Crippen LogP contribution is -2.11. The highest BCUT2D eigenvalue weighted by molar-refractivity contribution is 7.78. The summed E-state index contributed by atoms with van der Waals surface area (Å²) in [6.45, 7) is 0. The first-order chi connectivity index (χ1) is 7.70. The third kappa shape index (κ3) is 2.17. The summed E-state index contributed by atoms with van der Waals surface area (Å²) in [7, 11) is 0. The Bertz CT molecular complexity index is 473. The smallest absolute Gasteiger partial charge is 0.157 e. The Labute approximate surface area is 94.9 Å². The molecule has 0 spiro atoms. The molecule has 6 heteroatoms. The number of aliphatic imine (C=N–C) groups is 1. The van der Waals surface area contributed by atoms with Gasteiger partial charge in [0, 0.05) is 11.3 Å². The van der Waals surface area contributed by atoms with Gasteiger partial charge in [-0.1, -0.05) is 12.1 Å². The highest BCUT2D eigenvalue weighted by atomic mass is 32.2. The number of fused-ring (bicyclic) bond motifs is 1. The maximum atomic E-state index is 10.8. The molecule has 0 fully saturated rings. The van der Waals surface area contributed by atoms with Crippen LogP contribution in [0.25, 0.3) is 0 Å². The van der Waals surface area contributed by atoms with Crippen LogP contribution in [0.1, 0.15) is 17.2 Å². The van der Waals surface area contributed by atoms with Gasteiger partial charge in [0.15, 0.2) is 11.1 Å². The monoisotopic (exact) mass is 238 g/mol. The number of hydrogen-bond donors (Lipinski definition) is 2. The molecule has 2 rings (SSSR count). The standard InChI is InChI=1S/C10H10N2O3S/c13-4-10-8-3-7(5-16(14)15)1-2-9(8)11-6-12-10/h1-4,6,10H,5H2,(H,11,12)(H,14,15). The first-order valence-corrected chi connectivity index (χ1v) is 5.92. The van der Waals surface area contributed by atoms with Crippen molar-refractivity contribution in [3.8, 4) is 0 Å². The second kappa shape index (κ2) is 4.54. The van der Waals surface area contributed by atoms with Crippen molar-refractivity contribution in [1.82, 2.24) is 0 Å². The molecule has 0 amide bonds. The summed E-state index contributed by atoms with van der Waals surface area (Å²) in [5, 5.41) is 2.92. The zero-order valence-electron chi connectivity index (χ0n) is 8.29. The summed E-state index contributed by atoms with van der Waals surface area (Å²) in [6.07, 6.45) is 2.22. The van der Waals surface area contributed by atoms with Crippen LogP contribution in [0.2, 0.25) is 0 Å². The number of benzene rings is 1. The first kappa shape index (κ1) is 11.0. The van der Waals surface area contributed by atoms with Gasteiger partial charge in [-0.3, -0.25) is 4.99 Å². The van der Waals surface area contributed by atoms with Gasteiger partial charge < -0.3 is 14.7 Å². The van der Waals surface area contributed by atoms with Gasteiger partial charge in [0.25, 0.3) is 0 Å². The third-order valence-corrected chi connectivity index (χ3v) is 2.89. The van der Waals surface area contributed by atoms with Gasteiger partial charge in [0.2, 0.25) is 0 Å². The van der Waals surface area contributed by atoms with E-state index in [1.54, 1.807) is 18.2 Å². The van der Waals surface area contributed by atoms with Gasteiger partial charge in [0.1, 0.15) is 12.3 Å². The van der Waals surface area contributed by atoms with E-state index in [-0.39, 0.29) is 5.75 Å². The zero-order valence-corrected chi connectivity index (χ0v) is 9.11. The summed E-state index contributed by atoms with van der Waals surface area (Å²) in [6, 6.07) is 4.73. The molecule has 0 radical (unpaired) electrons. The number of hydrogen-bond acceptors (Lipinski definition) is 4. The normalized spacial score (nSPS) is 19.7. The molecule has 1 heterocycles. The quantitative estimate of drug-likeness (QED) is 0.610. The molecule has 2 unspecified atom stereocenters. The topological polar surface area (TPSA) is 78.8 Å². The number of anilines is 1. The van der Waals surface area contributed by atoms with E-state index in [9.17, 15) is 9.00 Å². The van der Waals surface area contributed by atoms with Crippen LogP contribution >= 0.6 is 0 Å². The van der Waals surface area contributed by atoms with E-state index >= 15 is 0 Å². The molecule has 1 aromatic rings. The molecule has 1 aliphatic heterocycles. The van der Waals surface area contributed by atoms with Crippen molar-refractivity contribution >= 4 is 29.4 Å². The van der Waals surface area contributed by atoms with Gasteiger partial charge >= 0.3 is 0 Å². The second-order valence-corrected chi connectivity index (χ2v) is 4.32. The van der Waals surface area contributed by atoms with Crippen LogP contribution in [-0.4, -0.2) is 21.4 Å². The minimum Gasteiger partial charge on any atom is -0.346 e. The maximum Gasteiger partial charge on any atom is 0.157 e. The predicted octanol–water partition coefficient (Wildman–Crippen LogP) is 1.10. The number of aldehydes is 1. The molecule has 0 aliphatic carbocycles. The summed E-state index contributed by atoms with van der Waals surface area (Å²) in [4.78, 5) is 14.8. The van der Waals surface area contributed by atoms with E-state index in [1.807, 2.05) is 0 Å². The lowest BCUT2D eigenvalue weighted by atomic mass is 10.0. The number of nitrogens with one attached hydrogen (secondary N) is 1. The Kier molecular flexibility index (Phi) is 3.12. The first-order valence-electron chi connectivity index (χ1n) is 4.64. The van der Waals surface area contributed by atoms with Crippen LogP contribution < -0.4 is 5.32 Å². The van der Waals surface area contributed by atoms with Crippen molar-refractivity contribution < 1.29 is 13.6 Å². The van der Waals surface area contributed by atoms with Crippen LogP contribution in [0, 0.1) is 0 Å². The Balaban J connectivity index is 2.37. The van der Waals surface area contributed by atoms with E-state index in [0.717, 1.165) is 17.5 Å². The van der Waals surface area contributed by atoms with Crippen molar-refractivity contribution in [3.05, 3.63) is 29.3 Å². The van der Waals surface area contributed by atoms with E-state index in [1.165, 1.54) is 6.34 Å². The van der Waals surface area contributed by atoms with E-state index < -0.39 is 17.1 Å². The second-order valence-electron chi connectivity index (χ2n) is 3.39. The highest BCUT2D eigenvalue weighted by Gasteiger charge is 2.17. The van der Waals surface area contributed by atoms with Crippen molar-refractivity contribution in [2.45, 2.75) is 11.8 Å². The Morgan fingerprint density at radius 2 is 2.38 bits per heavy atom. The Morgan fingerprint density at radius 3 is 3.06 bits per heavy atom. The fourth-order valence-corrected chi connectivity index (χ4v) is 2.06. The lowest BCUT2D eigenvalue weighted by Gasteiger charge is -2.17. The average Bonchev–Trinajstić information content (AvgIpc) is 2.27. The minimum absolute atomic E-state index is 0.0581. The molecule has 0 bridgehead atoms. The van der Waals surface area contributed by atoms with Crippen LogP contribution in [0.5, 0.6) is 0 Å². The van der Waals surface area contributed by atoms with Crippen LogP contribution in [-0.2, 0) is 21.6 Å². The van der Waals surface area contributed by atoms with Crippen LogP contribution in [0.3, 0.4) is 0 Å². The molecule has 16 heavy (non-hydrogen) atoms. The van der Waals surface area contributed by atoms with Crippen LogP contribution in [0.4, 0.5) is 5.69 Å². The number of carbonyl (C=O) groups excluding carboxylic acids is 1. The van der Waals surface area contributed by atoms with Crippen molar-refractivity contribution in [2.75, 3.05) is 5.32 Å². The van der Waals surface area contributed by atoms with Crippen molar-refractivity contribution in [1.29, 1.82) is 0 Å². The van der Waals surface area contributed by atoms with Gasteiger partial charge in [-0.25, -0.2) is 4.21 Å². The number of nitrogens with zero attached hydrogens (tertiary/aromatic N) is 1. The lowest BCUT2D eigenvalue weighted by molar-refractivity contribution is -0.108. The van der Waals surface area contributed by atoms with Crippen molar-refractivity contribution in [3.63, 3.8) is 0 Å². The zero-order chi connectivity index (χ0) is 11.5. The fraction of sp³-hybridized carbons (Fsp3) is 0.200. The van der Waals surface area contributed by atoms with Gasteiger partial charge in [-0.2, -0.15) is 0 Å². The maximum absolute atomic E-state index is 10.8. The van der Waals surface area contributed by atoms with E-state index in [2.05, 4.69) is 10.3 Å². The molecule has 1 aromatic carbocycles. The Morgan fingerprint density at radius 1 is 1.56 bits per heavy atom. The minimum atomic E-state index is -1.88. The fourth-order valence-electron chi connectivity index (χ4n) is 1.60. The molecule has 0 saturated carbocycles. The SMILES string of the molecule is O=CC1N=CNc2ccc(CS(=O)O)cc21. The van der Waals surface area contributed by atoms with Gasteiger partial charge in [-0.05, 0) is 11.6 Å². The predicted molar refractivity (Wildman–Crippen MR) is 61.8 cm³/mol. The summed E-state index contributed by atoms with van der Waals surface area (Å²) in [5.41, 5.74) is 2.25. The molecule has 1 aliphatic rings. The summed E-state index contributed by atoms with van der Waals surface area (Å²) >= 11 is -1.88. The molecule has 2 N–H and O–H groups in total. The summed E-state index contributed by atoms with van der Waals surface area (Å²) in [5.74, 6) is 0.0581. The number of rotatable bonds is 3. The molecule has 0 aromatic heterocycles. The number of carbonyl (C=O) groups is 1. The average molecular weight is 238 g/mol. The molecular formula is C10H10N2O3S. The summed E-state index contributed by atoms with van der Waals surface area (Å²) < 4.78 is 19.5. The highest BCUT2D eigenvalue weighted by Crippen LogP contribution is 2.28. The third-order valence-electron chi connectivity index (χ3n) is 2.31.